The fraction of sp³-hybridized carbons (Fsp3) is 0.263. The third-order valence-corrected chi connectivity index (χ3v) is 4.56. The van der Waals surface area contributed by atoms with Gasteiger partial charge >= 0.3 is 12.2 Å². The van der Waals surface area contributed by atoms with E-state index in [0.29, 0.717) is 5.56 Å². The van der Waals surface area contributed by atoms with E-state index in [9.17, 15) is 27.6 Å². The quantitative estimate of drug-likeness (QED) is 0.421. The van der Waals surface area contributed by atoms with E-state index in [2.05, 4.69) is 26.3 Å². The van der Waals surface area contributed by atoms with Crippen LogP contribution in [0.5, 0.6) is 0 Å². The molecule has 1 saturated heterocycles. The molecule has 0 bridgehead atoms. The highest BCUT2D eigenvalue weighted by atomic mass is 19.4. The average molecular weight is 421 g/mol. The summed E-state index contributed by atoms with van der Waals surface area (Å²) in [5.74, 6) is -1.34. The SMILES string of the molecule is C[C@@]1(c2cccc(C(=O)NCCNc3ncccc3C(F)(F)F)c2)NC(=O)NC1=O. The van der Waals surface area contributed by atoms with E-state index in [1.165, 1.54) is 31.3 Å². The first-order valence-corrected chi connectivity index (χ1v) is 8.89. The molecule has 2 aromatic rings. The Morgan fingerprint density at radius 2 is 1.93 bits per heavy atom. The van der Waals surface area contributed by atoms with Gasteiger partial charge < -0.3 is 16.0 Å². The van der Waals surface area contributed by atoms with E-state index in [0.717, 1.165) is 6.07 Å². The zero-order valence-corrected chi connectivity index (χ0v) is 15.8. The molecule has 4 N–H and O–H groups in total. The third-order valence-electron chi connectivity index (χ3n) is 4.56. The molecule has 3 rings (SSSR count). The molecular formula is C19H18F3N5O3. The molecule has 0 radical (unpaired) electrons. The summed E-state index contributed by atoms with van der Waals surface area (Å²) < 4.78 is 38.9. The molecule has 1 aliphatic rings. The molecule has 1 fully saturated rings. The number of benzene rings is 1. The summed E-state index contributed by atoms with van der Waals surface area (Å²) >= 11 is 0. The van der Waals surface area contributed by atoms with Crippen molar-refractivity contribution in [2.75, 3.05) is 18.4 Å². The number of imide groups is 1. The van der Waals surface area contributed by atoms with Crippen molar-refractivity contribution in [3.63, 3.8) is 0 Å². The molecule has 1 aliphatic heterocycles. The first-order valence-electron chi connectivity index (χ1n) is 8.89. The largest absolute Gasteiger partial charge is 0.419 e. The van der Waals surface area contributed by atoms with Crippen molar-refractivity contribution in [2.45, 2.75) is 18.6 Å². The van der Waals surface area contributed by atoms with Crippen molar-refractivity contribution >= 4 is 23.7 Å². The molecule has 0 aliphatic carbocycles. The van der Waals surface area contributed by atoms with Crippen LogP contribution in [0.15, 0.2) is 42.6 Å². The van der Waals surface area contributed by atoms with Gasteiger partial charge in [-0.2, -0.15) is 13.2 Å². The molecular weight excluding hydrogens is 403 g/mol. The Balaban J connectivity index is 1.61. The molecule has 4 amide bonds. The van der Waals surface area contributed by atoms with Crippen molar-refractivity contribution < 1.29 is 27.6 Å². The zero-order chi connectivity index (χ0) is 21.9. The lowest BCUT2D eigenvalue weighted by atomic mass is 9.91. The first-order chi connectivity index (χ1) is 14.1. The van der Waals surface area contributed by atoms with Crippen molar-refractivity contribution in [2.24, 2.45) is 0 Å². The number of pyridine rings is 1. The summed E-state index contributed by atoms with van der Waals surface area (Å²) in [5, 5.41) is 9.79. The fourth-order valence-electron chi connectivity index (χ4n) is 2.95. The summed E-state index contributed by atoms with van der Waals surface area (Å²) in [6.07, 6.45) is -3.31. The minimum absolute atomic E-state index is 0.0156. The van der Waals surface area contributed by atoms with Crippen LogP contribution in [0.3, 0.4) is 0 Å². The van der Waals surface area contributed by atoms with Crippen LogP contribution in [0.2, 0.25) is 0 Å². The highest BCUT2D eigenvalue weighted by molar-refractivity contribution is 6.07. The van der Waals surface area contributed by atoms with Gasteiger partial charge in [0.2, 0.25) is 0 Å². The first kappa shape index (κ1) is 21.1. The van der Waals surface area contributed by atoms with Crippen LogP contribution in [-0.4, -0.2) is 35.9 Å². The molecule has 158 valence electrons. The summed E-state index contributed by atoms with van der Waals surface area (Å²) in [4.78, 5) is 39.5. The summed E-state index contributed by atoms with van der Waals surface area (Å²) in [6, 6.07) is 7.63. The Morgan fingerprint density at radius 3 is 2.60 bits per heavy atom. The van der Waals surface area contributed by atoms with Crippen LogP contribution >= 0.6 is 0 Å². The van der Waals surface area contributed by atoms with Gasteiger partial charge in [-0.05, 0) is 36.8 Å². The zero-order valence-electron chi connectivity index (χ0n) is 15.8. The lowest BCUT2D eigenvalue weighted by molar-refractivity contribution is -0.137. The molecule has 0 saturated carbocycles. The van der Waals surface area contributed by atoms with Gasteiger partial charge in [-0.1, -0.05) is 12.1 Å². The smallest absolute Gasteiger partial charge is 0.368 e. The number of alkyl halides is 3. The minimum atomic E-state index is -4.54. The molecule has 30 heavy (non-hydrogen) atoms. The number of urea groups is 1. The van der Waals surface area contributed by atoms with Gasteiger partial charge in [0.15, 0.2) is 0 Å². The summed E-state index contributed by atoms with van der Waals surface area (Å²) in [7, 11) is 0. The van der Waals surface area contributed by atoms with Gasteiger partial charge in [0.05, 0.1) is 5.56 Å². The number of hydrogen-bond acceptors (Lipinski definition) is 5. The van der Waals surface area contributed by atoms with Gasteiger partial charge in [-0.15, -0.1) is 0 Å². The Hall–Kier alpha value is -3.63. The van der Waals surface area contributed by atoms with Gasteiger partial charge in [-0.25, -0.2) is 9.78 Å². The monoisotopic (exact) mass is 421 g/mol. The van der Waals surface area contributed by atoms with Crippen molar-refractivity contribution in [3.8, 4) is 0 Å². The number of carbonyl (C=O) groups is 3. The number of anilines is 1. The minimum Gasteiger partial charge on any atom is -0.368 e. The van der Waals surface area contributed by atoms with Gasteiger partial charge in [-0.3, -0.25) is 14.9 Å². The van der Waals surface area contributed by atoms with Gasteiger partial charge in [0, 0.05) is 24.8 Å². The van der Waals surface area contributed by atoms with Crippen LogP contribution in [0.25, 0.3) is 0 Å². The molecule has 8 nitrogen and oxygen atoms in total. The second-order valence-electron chi connectivity index (χ2n) is 6.69. The van der Waals surface area contributed by atoms with Crippen LogP contribution in [0, 0.1) is 0 Å². The number of nitrogens with one attached hydrogen (secondary N) is 4. The summed E-state index contributed by atoms with van der Waals surface area (Å²) in [5.41, 5.74) is -1.55. The second-order valence-corrected chi connectivity index (χ2v) is 6.69. The van der Waals surface area contributed by atoms with Crippen LogP contribution in [0.1, 0.15) is 28.4 Å². The molecule has 11 heteroatoms. The third kappa shape index (κ3) is 4.34. The predicted molar refractivity (Wildman–Crippen MR) is 101 cm³/mol. The van der Waals surface area contributed by atoms with Crippen molar-refractivity contribution in [1.82, 2.24) is 20.9 Å². The Kier molecular flexibility index (Phi) is 5.63. The number of halogens is 3. The maximum absolute atomic E-state index is 13.0. The van der Waals surface area contributed by atoms with E-state index in [1.807, 2.05) is 0 Å². The number of hydrogen-bond donors (Lipinski definition) is 4. The molecule has 0 spiro atoms. The lowest BCUT2D eigenvalue weighted by Crippen LogP contribution is -2.40. The topological polar surface area (TPSA) is 112 Å². The fourth-order valence-corrected chi connectivity index (χ4v) is 2.95. The van der Waals surface area contributed by atoms with E-state index in [1.54, 1.807) is 12.1 Å². The second kappa shape index (κ2) is 8.01. The number of nitrogens with zero attached hydrogens (tertiary/aromatic N) is 1. The standard InChI is InChI=1S/C19H18F3N5O3/c1-18(16(29)26-17(30)27-18)12-5-2-4-11(10-12)15(28)25-9-8-24-14-13(19(20,21)22)6-3-7-23-14/h2-7,10H,8-9H2,1H3,(H,23,24)(H,25,28)(H2,26,27,29,30)/t18-/m0/s1. The highest BCUT2D eigenvalue weighted by Crippen LogP contribution is 2.33. The number of carbonyl (C=O) groups excluding carboxylic acids is 3. The van der Waals surface area contributed by atoms with Gasteiger partial charge in [0.25, 0.3) is 11.8 Å². The van der Waals surface area contributed by atoms with E-state index >= 15 is 0 Å². The Labute approximate surface area is 169 Å². The predicted octanol–water partition coefficient (Wildman–Crippen LogP) is 2.00. The lowest BCUT2D eigenvalue weighted by Gasteiger charge is -2.21. The molecule has 2 heterocycles. The number of aromatic nitrogens is 1. The van der Waals surface area contributed by atoms with Gasteiger partial charge in [0.1, 0.15) is 11.4 Å². The highest BCUT2D eigenvalue weighted by Gasteiger charge is 2.43. The van der Waals surface area contributed by atoms with E-state index in [-0.39, 0.29) is 24.5 Å². The normalized spacial score (nSPS) is 18.5. The molecule has 1 aromatic heterocycles. The maximum Gasteiger partial charge on any atom is 0.419 e. The molecule has 0 unspecified atom stereocenters. The number of rotatable bonds is 6. The van der Waals surface area contributed by atoms with E-state index < -0.39 is 35.1 Å². The van der Waals surface area contributed by atoms with E-state index in [4.69, 9.17) is 0 Å². The molecule has 1 atom stereocenters. The summed E-state index contributed by atoms with van der Waals surface area (Å²) in [6.45, 7) is 1.56. The maximum atomic E-state index is 13.0. The van der Waals surface area contributed by atoms with Crippen LogP contribution in [-0.2, 0) is 16.5 Å². The number of amides is 4. The van der Waals surface area contributed by atoms with Crippen molar-refractivity contribution in [1.29, 1.82) is 0 Å². The van der Waals surface area contributed by atoms with Crippen LogP contribution < -0.4 is 21.3 Å². The Morgan fingerprint density at radius 1 is 1.17 bits per heavy atom. The Bertz CT molecular complexity index is 995. The van der Waals surface area contributed by atoms with Crippen molar-refractivity contribution in [3.05, 3.63) is 59.3 Å². The molecule has 1 aromatic carbocycles. The average Bonchev–Trinajstić information content (AvgIpc) is 2.97. The van der Waals surface area contributed by atoms with Crippen LogP contribution in [0.4, 0.5) is 23.8 Å².